The smallest absolute Gasteiger partial charge is 0.160 e. The van der Waals surface area contributed by atoms with Gasteiger partial charge in [-0.25, -0.2) is 4.98 Å². The molecule has 8 bridgehead atoms. The number of aromatic nitrogens is 4. The van der Waals surface area contributed by atoms with Crippen LogP contribution in [0.3, 0.4) is 0 Å². The van der Waals surface area contributed by atoms with Crippen LogP contribution in [0.25, 0.3) is 39.8 Å². The summed E-state index contributed by atoms with van der Waals surface area (Å²) in [5.74, 6) is 0.384. The van der Waals surface area contributed by atoms with E-state index < -0.39 is 12.4 Å². The quantitative estimate of drug-likeness (QED) is 0.192. The zero-order valence-corrected chi connectivity index (χ0v) is 28.0. The highest BCUT2D eigenvalue weighted by molar-refractivity contribution is 5.86. The fraction of sp³-hybridized carbons (Fsp3) is 0.474. The van der Waals surface area contributed by atoms with Crippen LogP contribution in [0.5, 0.6) is 0 Å². The molecule has 3 aromatic rings. The minimum atomic E-state index is -0.519. The standard InChI is InChI=1S/C38H48N4O4/c1-8-27-22(5)33-18-36-28(9-2)21(4)32(40-36)17-34-23(6)29(11-10-12-45-37-15-25(44)14-26(19-43)46-37)38(42-34)24(7)31-13-20(3)30(39-31)16-35(27)41-33/h9,13,16-18,23,25-26,29,37,40-41,43-44H,2,8,10-12,14-15,19H2,1,3-7H3/t23-,25-,26-,29-,37+/m0/s1. The minimum absolute atomic E-state index is 0.116. The predicted molar refractivity (Wildman–Crippen MR) is 186 cm³/mol. The maximum atomic E-state index is 10.2. The molecule has 0 unspecified atom stereocenters. The molecule has 0 aliphatic carbocycles. The van der Waals surface area contributed by atoms with E-state index in [1.165, 1.54) is 11.1 Å². The first kappa shape index (κ1) is 32.4. The topological polar surface area (TPSA) is 116 Å². The summed E-state index contributed by atoms with van der Waals surface area (Å²) in [6.07, 6.45) is 6.20. The van der Waals surface area contributed by atoms with Gasteiger partial charge in [-0.3, -0.25) is 4.98 Å². The number of aromatic amines is 2. The lowest BCUT2D eigenvalue weighted by molar-refractivity contribution is -0.222. The average molecular weight is 625 g/mol. The predicted octanol–water partition coefficient (Wildman–Crippen LogP) is 7.55. The van der Waals surface area contributed by atoms with Crippen molar-refractivity contribution in [1.29, 1.82) is 0 Å². The van der Waals surface area contributed by atoms with Crippen molar-refractivity contribution in [2.75, 3.05) is 13.2 Å². The van der Waals surface area contributed by atoms with Crippen LogP contribution in [-0.4, -0.2) is 61.9 Å². The van der Waals surface area contributed by atoms with Crippen LogP contribution in [0.15, 0.2) is 24.8 Å². The van der Waals surface area contributed by atoms with Gasteiger partial charge in [-0.2, -0.15) is 0 Å². The largest absolute Gasteiger partial charge is 0.394 e. The van der Waals surface area contributed by atoms with Gasteiger partial charge in [0.1, 0.15) is 0 Å². The van der Waals surface area contributed by atoms with Gasteiger partial charge in [-0.15, -0.1) is 0 Å². The molecule has 244 valence electrons. The summed E-state index contributed by atoms with van der Waals surface area (Å²) >= 11 is 0. The van der Waals surface area contributed by atoms with Gasteiger partial charge in [0.2, 0.25) is 0 Å². The number of H-pyrrole nitrogens is 2. The van der Waals surface area contributed by atoms with Crippen LogP contribution >= 0.6 is 0 Å². The number of fused-ring (bicyclic) bond motifs is 8. The third-order valence-corrected chi connectivity index (χ3v) is 10.2. The molecular formula is C38H48N4O4. The van der Waals surface area contributed by atoms with Gasteiger partial charge in [0, 0.05) is 70.3 Å². The number of hydrogen-bond donors (Lipinski definition) is 4. The van der Waals surface area contributed by atoms with Crippen molar-refractivity contribution in [3.63, 3.8) is 0 Å². The van der Waals surface area contributed by atoms with Crippen molar-refractivity contribution in [3.8, 4) is 0 Å². The molecule has 1 fully saturated rings. The highest BCUT2D eigenvalue weighted by atomic mass is 16.7. The molecule has 0 aromatic carbocycles. The molecule has 46 heavy (non-hydrogen) atoms. The average Bonchev–Trinajstić information content (AvgIpc) is 3.73. The molecule has 6 heterocycles. The minimum Gasteiger partial charge on any atom is -0.394 e. The lowest BCUT2D eigenvalue weighted by Gasteiger charge is -2.32. The molecule has 8 nitrogen and oxygen atoms in total. The van der Waals surface area contributed by atoms with Crippen molar-refractivity contribution in [2.24, 2.45) is 0 Å². The van der Waals surface area contributed by atoms with Crippen molar-refractivity contribution in [1.82, 2.24) is 19.9 Å². The number of aliphatic hydroxyl groups is 2. The lowest BCUT2D eigenvalue weighted by atomic mass is 9.86. The van der Waals surface area contributed by atoms with Crippen LogP contribution in [0.2, 0.25) is 0 Å². The molecule has 5 atom stereocenters. The van der Waals surface area contributed by atoms with Gasteiger partial charge in [-0.05, 0) is 99.1 Å². The molecule has 4 N–H and O–H groups in total. The van der Waals surface area contributed by atoms with Gasteiger partial charge >= 0.3 is 0 Å². The molecule has 6 rings (SSSR count). The third kappa shape index (κ3) is 6.11. The molecule has 0 saturated carbocycles. The molecule has 0 radical (unpaired) electrons. The van der Waals surface area contributed by atoms with Crippen molar-refractivity contribution >= 4 is 39.8 Å². The van der Waals surface area contributed by atoms with E-state index >= 15 is 0 Å². The summed E-state index contributed by atoms with van der Waals surface area (Å²) in [7, 11) is 0. The normalized spacial score (nSPS) is 23.0. The van der Waals surface area contributed by atoms with Crippen molar-refractivity contribution in [2.45, 2.75) is 104 Å². The first-order valence-electron chi connectivity index (χ1n) is 16.7. The first-order chi connectivity index (χ1) is 22.1. The maximum absolute atomic E-state index is 10.2. The number of nitrogens with one attached hydrogen (secondary N) is 2. The molecule has 8 heteroatoms. The SMILES string of the molecule is C=Cc1c(C)c2cc3nc(c(C)c4nc(cc5[nH]c(cc1[nH]2)c(C)c5CC)C(C)=C4)[C@@H](CCCO[C@H]1C[C@@H](O)C[C@@H](CO)O1)[C@@H]3C. The summed E-state index contributed by atoms with van der Waals surface area (Å²) in [6.45, 7) is 17.6. The van der Waals surface area contributed by atoms with Crippen LogP contribution < -0.4 is 0 Å². The number of aliphatic hydroxyl groups excluding tert-OH is 2. The van der Waals surface area contributed by atoms with Crippen LogP contribution in [-0.2, 0) is 15.9 Å². The highest BCUT2D eigenvalue weighted by Crippen LogP contribution is 2.42. The van der Waals surface area contributed by atoms with Gasteiger partial charge in [-0.1, -0.05) is 26.5 Å². The number of hydrogen-bond acceptors (Lipinski definition) is 6. The summed E-state index contributed by atoms with van der Waals surface area (Å²) in [6, 6.07) is 6.59. The molecule has 3 aromatic heterocycles. The van der Waals surface area contributed by atoms with Crippen LogP contribution in [0.4, 0.5) is 0 Å². The van der Waals surface area contributed by atoms with Gasteiger partial charge in [0.15, 0.2) is 6.29 Å². The number of allylic oxidation sites excluding steroid dienone is 1. The number of ether oxygens (including phenoxy) is 2. The van der Waals surface area contributed by atoms with E-state index in [9.17, 15) is 10.2 Å². The summed E-state index contributed by atoms with van der Waals surface area (Å²) in [4.78, 5) is 17.8. The first-order valence-corrected chi connectivity index (χ1v) is 16.7. The molecular weight excluding hydrogens is 576 g/mol. The highest BCUT2D eigenvalue weighted by Gasteiger charge is 2.32. The Morgan fingerprint density at radius 2 is 1.76 bits per heavy atom. The van der Waals surface area contributed by atoms with Crippen LogP contribution in [0.1, 0.15) is 109 Å². The zero-order valence-electron chi connectivity index (χ0n) is 28.0. The third-order valence-electron chi connectivity index (χ3n) is 10.2. The molecule has 3 aliphatic rings. The van der Waals surface area contributed by atoms with E-state index in [-0.39, 0.29) is 24.5 Å². The zero-order chi connectivity index (χ0) is 32.7. The Bertz CT molecular complexity index is 1830. The Kier molecular flexibility index (Phi) is 9.35. The van der Waals surface area contributed by atoms with Gasteiger partial charge in [0.25, 0.3) is 0 Å². The Morgan fingerprint density at radius 3 is 2.50 bits per heavy atom. The lowest BCUT2D eigenvalue weighted by Crippen LogP contribution is -2.39. The van der Waals surface area contributed by atoms with Crippen molar-refractivity contribution < 1.29 is 19.7 Å². The molecule has 0 spiro atoms. The second-order valence-corrected chi connectivity index (χ2v) is 13.2. The van der Waals surface area contributed by atoms with E-state index in [0.29, 0.717) is 19.4 Å². The Labute approximate surface area is 271 Å². The number of aryl methyl sites for hydroxylation is 3. The van der Waals surface area contributed by atoms with Crippen LogP contribution in [0, 0.1) is 20.8 Å². The van der Waals surface area contributed by atoms with Crippen molar-refractivity contribution in [3.05, 3.63) is 75.4 Å². The van der Waals surface area contributed by atoms with E-state index in [1.807, 2.05) is 6.08 Å². The Hall–Kier alpha value is -3.56. The second-order valence-electron chi connectivity index (χ2n) is 13.2. The Morgan fingerprint density at radius 1 is 1.00 bits per heavy atom. The van der Waals surface area contributed by atoms with E-state index in [0.717, 1.165) is 86.4 Å². The number of rotatable bonds is 8. The summed E-state index contributed by atoms with van der Waals surface area (Å²) in [5, 5.41) is 19.7. The van der Waals surface area contributed by atoms with Gasteiger partial charge < -0.3 is 29.7 Å². The molecule has 0 amide bonds. The number of nitrogens with zero attached hydrogens (tertiary/aromatic N) is 2. The van der Waals surface area contributed by atoms with E-state index in [4.69, 9.17) is 19.4 Å². The summed E-state index contributed by atoms with van der Waals surface area (Å²) < 4.78 is 11.9. The van der Waals surface area contributed by atoms with E-state index in [2.05, 4.69) is 82.4 Å². The van der Waals surface area contributed by atoms with E-state index in [1.54, 1.807) is 0 Å². The second kappa shape index (κ2) is 13.3. The van der Waals surface area contributed by atoms with Gasteiger partial charge in [0.05, 0.1) is 30.2 Å². The molecule has 1 saturated heterocycles. The molecule has 3 aliphatic heterocycles. The summed E-state index contributed by atoms with van der Waals surface area (Å²) in [5.41, 5.74) is 15.3. The fourth-order valence-corrected chi connectivity index (χ4v) is 7.37. The monoisotopic (exact) mass is 624 g/mol. The fourth-order valence-electron chi connectivity index (χ4n) is 7.37. The Balaban J connectivity index is 1.44. The maximum Gasteiger partial charge on any atom is 0.160 e.